The van der Waals surface area contributed by atoms with E-state index in [0.717, 1.165) is 33.8 Å². The van der Waals surface area contributed by atoms with Crippen LogP contribution in [0.5, 0.6) is 11.5 Å². The fourth-order valence-corrected chi connectivity index (χ4v) is 2.73. The summed E-state index contributed by atoms with van der Waals surface area (Å²) in [7, 11) is 0. The van der Waals surface area contributed by atoms with Gasteiger partial charge in [-0.15, -0.1) is 0 Å². The average Bonchev–Trinajstić information content (AvgIpc) is 2.94. The van der Waals surface area contributed by atoms with Gasteiger partial charge in [0.15, 0.2) is 11.5 Å². The number of aromatic nitrogens is 1. The number of halogens is 1. The summed E-state index contributed by atoms with van der Waals surface area (Å²) >= 11 is 3.50. The smallest absolute Gasteiger partial charge is 0.231 e. The van der Waals surface area contributed by atoms with E-state index < -0.39 is 0 Å². The molecule has 1 atom stereocenters. The summed E-state index contributed by atoms with van der Waals surface area (Å²) in [6.45, 7) is 3.13. The number of pyridine rings is 1. The monoisotopic (exact) mass is 334 g/mol. The maximum Gasteiger partial charge on any atom is 0.231 e. The number of fused-ring (bicyclic) bond motifs is 1. The van der Waals surface area contributed by atoms with E-state index in [-0.39, 0.29) is 12.8 Å². The van der Waals surface area contributed by atoms with Crippen molar-refractivity contribution in [1.29, 1.82) is 0 Å². The van der Waals surface area contributed by atoms with Gasteiger partial charge in [-0.05, 0) is 52.7 Å². The highest BCUT2D eigenvalue weighted by Gasteiger charge is 2.18. The van der Waals surface area contributed by atoms with Crippen molar-refractivity contribution in [1.82, 2.24) is 10.3 Å². The maximum atomic E-state index is 5.42. The molecule has 1 aliphatic heterocycles. The molecule has 20 heavy (non-hydrogen) atoms. The molecule has 3 rings (SSSR count). The number of hydrogen-bond acceptors (Lipinski definition) is 4. The van der Waals surface area contributed by atoms with E-state index >= 15 is 0 Å². The summed E-state index contributed by atoms with van der Waals surface area (Å²) in [6.07, 6.45) is 1.81. The molecule has 0 unspecified atom stereocenters. The SMILES string of the molecule is C[C@@H](NCc1cc(Br)c2c(c1)OCO2)c1ccccn1. The van der Waals surface area contributed by atoms with Gasteiger partial charge in [-0.1, -0.05) is 6.07 Å². The highest BCUT2D eigenvalue weighted by Crippen LogP contribution is 2.40. The number of benzene rings is 1. The Kier molecular flexibility index (Phi) is 3.89. The molecule has 0 fully saturated rings. The molecule has 0 saturated heterocycles. The summed E-state index contributed by atoms with van der Waals surface area (Å²) in [5.41, 5.74) is 2.18. The Bertz CT molecular complexity index is 604. The Morgan fingerprint density at radius 3 is 3.05 bits per heavy atom. The maximum absolute atomic E-state index is 5.42. The van der Waals surface area contributed by atoms with E-state index in [1.165, 1.54) is 0 Å². The molecule has 0 radical (unpaired) electrons. The van der Waals surface area contributed by atoms with Crippen molar-refractivity contribution >= 4 is 15.9 Å². The van der Waals surface area contributed by atoms with Gasteiger partial charge in [-0.2, -0.15) is 0 Å². The highest BCUT2D eigenvalue weighted by atomic mass is 79.9. The molecule has 0 bridgehead atoms. The number of rotatable bonds is 4. The zero-order valence-corrected chi connectivity index (χ0v) is 12.7. The van der Waals surface area contributed by atoms with E-state index in [0.29, 0.717) is 0 Å². The number of hydrogen-bond donors (Lipinski definition) is 1. The second-order valence-electron chi connectivity index (χ2n) is 4.67. The minimum atomic E-state index is 0.195. The van der Waals surface area contributed by atoms with Gasteiger partial charge >= 0.3 is 0 Å². The zero-order chi connectivity index (χ0) is 13.9. The number of nitrogens with one attached hydrogen (secondary N) is 1. The molecule has 104 valence electrons. The molecule has 2 aromatic rings. The van der Waals surface area contributed by atoms with Crippen LogP contribution in [0.1, 0.15) is 24.2 Å². The average molecular weight is 335 g/mol. The van der Waals surface area contributed by atoms with Crippen LogP contribution in [0.25, 0.3) is 0 Å². The van der Waals surface area contributed by atoms with E-state index in [4.69, 9.17) is 9.47 Å². The van der Waals surface area contributed by atoms with Gasteiger partial charge in [0.2, 0.25) is 6.79 Å². The van der Waals surface area contributed by atoms with Crippen LogP contribution in [-0.4, -0.2) is 11.8 Å². The van der Waals surface area contributed by atoms with Crippen LogP contribution in [0.3, 0.4) is 0 Å². The molecule has 0 spiro atoms. The Morgan fingerprint density at radius 1 is 1.35 bits per heavy atom. The molecule has 1 N–H and O–H groups in total. The van der Waals surface area contributed by atoms with Crippen molar-refractivity contribution in [2.45, 2.75) is 19.5 Å². The minimum absolute atomic E-state index is 0.195. The van der Waals surface area contributed by atoms with Crippen LogP contribution in [0.15, 0.2) is 41.0 Å². The van der Waals surface area contributed by atoms with Crippen LogP contribution in [0.2, 0.25) is 0 Å². The first-order valence-corrected chi connectivity index (χ1v) is 7.25. The third kappa shape index (κ3) is 2.78. The molecule has 5 heteroatoms. The molecule has 1 aromatic heterocycles. The largest absolute Gasteiger partial charge is 0.454 e. The lowest BCUT2D eigenvalue weighted by molar-refractivity contribution is 0.173. The fraction of sp³-hybridized carbons (Fsp3) is 0.267. The van der Waals surface area contributed by atoms with Crippen LogP contribution in [0, 0.1) is 0 Å². The van der Waals surface area contributed by atoms with Crippen LogP contribution >= 0.6 is 15.9 Å². The molecule has 1 aromatic carbocycles. The topological polar surface area (TPSA) is 43.4 Å². The normalized spacial score (nSPS) is 14.3. The molecule has 0 amide bonds. The van der Waals surface area contributed by atoms with Gasteiger partial charge in [0.05, 0.1) is 10.2 Å². The van der Waals surface area contributed by atoms with E-state index in [1.807, 2.05) is 36.5 Å². The number of ether oxygens (including phenoxy) is 2. The molecule has 4 nitrogen and oxygen atoms in total. The van der Waals surface area contributed by atoms with Crippen molar-refractivity contribution in [2.24, 2.45) is 0 Å². The van der Waals surface area contributed by atoms with Gasteiger partial charge < -0.3 is 14.8 Å². The highest BCUT2D eigenvalue weighted by molar-refractivity contribution is 9.10. The minimum Gasteiger partial charge on any atom is -0.454 e. The van der Waals surface area contributed by atoms with Crippen LogP contribution < -0.4 is 14.8 Å². The second kappa shape index (κ2) is 5.81. The van der Waals surface area contributed by atoms with E-state index in [9.17, 15) is 0 Å². The van der Waals surface area contributed by atoms with Crippen molar-refractivity contribution in [3.05, 3.63) is 52.3 Å². The first kappa shape index (κ1) is 13.4. The molecular formula is C15H15BrN2O2. The third-order valence-electron chi connectivity index (χ3n) is 3.23. The Balaban J connectivity index is 1.68. The zero-order valence-electron chi connectivity index (χ0n) is 11.1. The van der Waals surface area contributed by atoms with Gasteiger partial charge in [0, 0.05) is 18.8 Å². The molecule has 0 aliphatic carbocycles. The van der Waals surface area contributed by atoms with Gasteiger partial charge in [0.1, 0.15) is 0 Å². The molecular weight excluding hydrogens is 320 g/mol. The second-order valence-corrected chi connectivity index (χ2v) is 5.52. The lowest BCUT2D eigenvalue weighted by atomic mass is 10.1. The van der Waals surface area contributed by atoms with Crippen molar-refractivity contribution < 1.29 is 9.47 Å². The molecule has 2 heterocycles. The predicted molar refractivity (Wildman–Crippen MR) is 79.8 cm³/mol. The first-order valence-electron chi connectivity index (χ1n) is 6.46. The van der Waals surface area contributed by atoms with Gasteiger partial charge in [0.25, 0.3) is 0 Å². The van der Waals surface area contributed by atoms with Crippen LogP contribution in [-0.2, 0) is 6.54 Å². The van der Waals surface area contributed by atoms with Gasteiger partial charge in [-0.25, -0.2) is 0 Å². The van der Waals surface area contributed by atoms with Gasteiger partial charge in [-0.3, -0.25) is 4.98 Å². The third-order valence-corrected chi connectivity index (χ3v) is 3.82. The molecule has 0 saturated carbocycles. The predicted octanol–water partition coefficient (Wildman–Crippen LogP) is 3.42. The Morgan fingerprint density at radius 2 is 2.25 bits per heavy atom. The standard InChI is InChI=1S/C15H15BrN2O2/c1-10(13-4-2-3-5-17-13)18-8-11-6-12(16)15-14(7-11)19-9-20-15/h2-7,10,18H,8-9H2,1H3/t10-/m1/s1. The summed E-state index contributed by atoms with van der Waals surface area (Å²) in [6, 6.07) is 10.2. The lowest BCUT2D eigenvalue weighted by Crippen LogP contribution is -2.18. The van der Waals surface area contributed by atoms with Crippen LogP contribution in [0.4, 0.5) is 0 Å². The van der Waals surface area contributed by atoms with E-state index in [1.54, 1.807) is 0 Å². The molecule has 1 aliphatic rings. The first-order chi connectivity index (χ1) is 9.74. The fourth-order valence-electron chi connectivity index (χ4n) is 2.13. The van der Waals surface area contributed by atoms with Crippen molar-refractivity contribution in [3.63, 3.8) is 0 Å². The Labute approximate surface area is 126 Å². The van der Waals surface area contributed by atoms with E-state index in [2.05, 4.69) is 33.2 Å². The summed E-state index contributed by atoms with van der Waals surface area (Å²) < 4.78 is 11.7. The summed E-state index contributed by atoms with van der Waals surface area (Å²) in [5, 5.41) is 3.45. The summed E-state index contributed by atoms with van der Waals surface area (Å²) in [5.74, 6) is 1.58. The quantitative estimate of drug-likeness (QED) is 0.930. The lowest BCUT2D eigenvalue weighted by Gasteiger charge is -2.13. The summed E-state index contributed by atoms with van der Waals surface area (Å²) in [4.78, 5) is 4.35. The van der Waals surface area contributed by atoms with Crippen molar-refractivity contribution in [2.75, 3.05) is 6.79 Å². The number of nitrogens with zero attached hydrogens (tertiary/aromatic N) is 1. The van der Waals surface area contributed by atoms with Crippen molar-refractivity contribution in [3.8, 4) is 11.5 Å². The Hall–Kier alpha value is -1.59.